The number of nitrogens with one attached hydrogen (secondary N) is 1. The highest BCUT2D eigenvalue weighted by atomic mass is 35.5. The second kappa shape index (κ2) is 9.23. The molecule has 0 fully saturated rings. The van der Waals surface area contributed by atoms with Gasteiger partial charge in [-0.1, -0.05) is 37.0 Å². The highest BCUT2D eigenvalue weighted by Crippen LogP contribution is 2.16. The lowest BCUT2D eigenvalue weighted by Crippen LogP contribution is -2.35. The highest BCUT2D eigenvalue weighted by Gasteiger charge is 2.21. The van der Waals surface area contributed by atoms with Crippen LogP contribution >= 0.6 is 34.5 Å². The minimum Gasteiger partial charge on any atom is -0.351 e. The zero-order valence-electron chi connectivity index (χ0n) is 12.1. The summed E-state index contributed by atoms with van der Waals surface area (Å²) in [5, 5.41) is 5.14. The Bertz CT molecular complexity index is 480. The van der Waals surface area contributed by atoms with Crippen molar-refractivity contribution < 1.29 is 9.59 Å². The van der Waals surface area contributed by atoms with Crippen LogP contribution in [-0.4, -0.2) is 39.6 Å². The third-order valence-electron chi connectivity index (χ3n) is 2.64. The van der Waals surface area contributed by atoms with Gasteiger partial charge >= 0.3 is 0 Å². The number of rotatable bonds is 8. The van der Waals surface area contributed by atoms with Crippen molar-refractivity contribution in [3.05, 3.63) is 16.1 Å². The van der Waals surface area contributed by atoms with E-state index in [2.05, 4.69) is 10.3 Å². The molecular formula is C13H19Cl2N3O2S. The molecule has 0 saturated heterocycles. The van der Waals surface area contributed by atoms with E-state index in [1.165, 1.54) is 11.3 Å². The first-order valence-electron chi connectivity index (χ1n) is 6.79. The number of halogens is 2. The summed E-state index contributed by atoms with van der Waals surface area (Å²) in [5.74, 6) is -0.535. The molecule has 2 amide bonds. The van der Waals surface area contributed by atoms with Gasteiger partial charge in [0.05, 0.1) is 6.54 Å². The van der Waals surface area contributed by atoms with Crippen molar-refractivity contribution in [2.45, 2.75) is 38.1 Å². The van der Waals surface area contributed by atoms with E-state index < -0.39 is 4.84 Å². The van der Waals surface area contributed by atoms with Crippen LogP contribution < -0.4 is 5.32 Å². The normalized spacial score (nSPS) is 10.7. The molecule has 118 valence electrons. The van der Waals surface area contributed by atoms with Gasteiger partial charge in [0.15, 0.2) is 4.84 Å². The van der Waals surface area contributed by atoms with Gasteiger partial charge in [-0.05, 0) is 12.8 Å². The van der Waals surface area contributed by atoms with Gasteiger partial charge in [0.2, 0.25) is 0 Å². The Morgan fingerprint density at radius 1 is 1.38 bits per heavy atom. The van der Waals surface area contributed by atoms with Crippen LogP contribution in [0.5, 0.6) is 0 Å². The van der Waals surface area contributed by atoms with Gasteiger partial charge in [0.1, 0.15) is 10.7 Å². The predicted molar refractivity (Wildman–Crippen MR) is 85.9 cm³/mol. The lowest BCUT2D eigenvalue weighted by Gasteiger charge is -2.21. The van der Waals surface area contributed by atoms with Crippen molar-refractivity contribution in [3.8, 4) is 0 Å². The average molecular weight is 352 g/mol. The minimum absolute atomic E-state index is 0.194. The topological polar surface area (TPSA) is 62.3 Å². The van der Waals surface area contributed by atoms with Crippen molar-refractivity contribution >= 4 is 46.4 Å². The Kier molecular flexibility index (Phi) is 8.00. The van der Waals surface area contributed by atoms with E-state index in [-0.39, 0.29) is 11.8 Å². The molecule has 0 atom stereocenters. The van der Waals surface area contributed by atoms with Crippen LogP contribution in [0, 0.1) is 0 Å². The molecule has 0 saturated carbocycles. The monoisotopic (exact) mass is 351 g/mol. The summed E-state index contributed by atoms with van der Waals surface area (Å²) in [6.07, 6.45) is 1.66. The molecule has 5 nitrogen and oxygen atoms in total. The van der Waals surface area contributed by atoms with Crippen LogP contribution in [-0.2, 0) is 11.3 Å². The molecule has 21 heavy (non-hydrogen) atoms. The summed E-state index contributed by atoms with van der Waals surface area (Å²) in [6, 6.07) is 0. The first kappa shape index (κ1) is 18.2. The molecule has 0 unspecified atom stereocenters. The van der Waals surface area contributed by atoms with E-state index in [0.29, 0.717) is 30.3 Å². The van der Waals surface area contributed by atoms with E-state index in [1.54, 1.807) is 10.3 Å². The molecule has 0 aromatic carbocycles. The summed E-state index contributed by atoms with van der Waals surface area (Å²) < 4.78 is 0. The second-order valence-electron chi connectivity index (χ2n) is 4.44. The molecular weight excluding hydrogens is 333 g/mol. The van der Waals surface area contributed by atoms with Crippen LogP contribution in [0.2, 0.25) is 0 Å². The number of carbonyl (C=O) groups excluding carboxylic acids is 2. The summed E-state index contributed by atoms with van der Waals surface area (Å²) in [7, 11) is 0. The zero-order chi connectivity index (χ0) is 15.8. The maximum absolute atomic E-state index is 11.9. The number of hydrogen-bond donors (Lipinski definition) is 1. The zero-order valence-corrected chi connectivity index (χ0v) is 14.4. The Labute approximate surface area is 138 Å². The summed E-state index contributed by atoms with van der Waals surface area (Å²) >= 11 is 12.6. The van der Waals surface area contributed by atoms with Crippen molar-refractivity contribution in [1.82, 2.24) is 15.2 Å². The molecule has 1 aromatic heterocycles. The molecule has 0 aliphatic carbocycles. The van der Waals surface area contributed by atoms with Crippen LogP contribution in [0.3, 0.4) is 0 Å². The maximum Gasteiger partial charge on any atom is 0.270 e. The molecule has 8 heteroatoms. The van der Waals surface area contributed by atoms with E-state index in [9.17, 15) is 9.59 Å². The average Bonchev–Trinajstić information content (AvgIpc) is 2.92. The van der Waals surface area contributed by atoms with E-state index in [1.807, 2.05) is 13.8 Å². The Morgan fingerprint density at radius 2 is 2.10 bits per heavy atom. The number of alkyl halides is 2. The number of aromatic nitrogens is 1. The largest absolute Gasteiger partial charge is 0.351 e. The molecule has 0 aliphatic rings. The first-order chi connectivity index (χ1) is 9.99. The quantitative estimate of drug-likeness (QED) is 0.732. The van der Waals surface area contributed by atoms with Crippen LogP contribution in [0.4, 0.5) is 0 Å². The van der Waals surface area contributed by atoms with Crippen molar-refractivity contribution in [3.63, 3.8) is 0 Å². The van der Waals surface area contributed by atoms with Crippen molar-refractivity contribution in [2.24, 2.45) is 0 Å². The van der Waals surface area contributed by atoms with Crippen molar-refractivity contribution in [2.75, 3.05) is 13.1 Å². The smallest absolute Gasteiger partial charge is 0.270 e. The number of amides is 2. The lowest BCUT2D eigenvalue weighted by molar-refractivity contribution is -0.130. The number of nitrogens with zero attached hydrogens (tertiary/aromatic N) is 2. The first-order valence-corrected chi connectivity index (χ1v) is 8.54. The van der Waals surface area contributed by atoms with E-state index in [0.717, 1.165) is 12.8 Å². The molecule has 0 aliphatic heterocycles. The van der Waals surface area contributed by atoms with Gasteiger partial charge in [0.25, 0.3) is 11.8 Å². The van der Waals surface area contributed by atoms with Gasteiger partial charge in [-0.2, -0.15) is 0 Å². The fourth-order valence-electron chi connectivity index (χ4n) is 1.66. The standard InChI is InChI=1S/C13H19Cl2N3O2S/c1-3-5-16-12(19)9-8-21-10(17-9)7-18(6-4-2)13(20)11(14)15/h8,11H,3-7H2,1-2H3,(H,16,19). The van der Waals surface area contributed by atoms with Gasteiger partial charge in [-0.3, -0.25) is 9.59 Å². The second-order valence-corrected chi connectivity index (χ2v) is 6.48. The fourth-order valence-corrected chi connectivity index (χ4v) is 2.72. The van der Waals surface area contributed by atoms with Gasteiger partial charge in [-0.15, -0.1) is 11.3 Å². The molecule has 1 N–H and O–H groups in total. The molecule has 1 aromatic rings. The molecule has 1 heterocycles. The molecule has 1 rings (SSSR count). The van der Waals surface area contributed by atoms with Gasteiger partial charge in [-0.25, -0.2) is 4.98 Å². The maximum atomic E-state index is 11.9. The van der Waals surface area contributed by atoms with E-state index in [4.69, 9.17) is 23.2 Å². The van der Waals surface area contributed by atoms with E-state index >= 15 is 0 Å². The lowest BCUT2D eigenvalue weighted by atomic mass is 10.4. The SMILES string of the molecule is CCCNC(=O)c1csc(CN(CCC)C(=O)C(Cl)Cl)n1. The molecule has 0 bridgehead atoms. The molecule has 0 radical (unpaired) electrons. The highest BCUT2D eigenvalue weighted by molar-refractivity contribution is 7.09. The number of carbonyl (C=O) groups is 2. The van der Waals surface area contributed by atoms with Gasteiger partial charge in [0, 0.05) is 18.5 Å². The summed E-state index contributed by atoms with van der Waals surface area (Å²) in [4.78, 5) is 28.4. The number of hydrogen-bond acceptors (Lipinski definition) is 4. The third kappa shape index (κ3) is 5.80. The van der Waals surface area contributed by atoms with Gasteiger partial charge < -0.3 is 10.2 Å². The molecule has 0 spiro atoms. The third-order valence-corrected chi connectivity index (χ3v) is 3.84. The van der Waals surface area contributed by atoms with Crippen molar-refractivity contribution in [1.29, 1.82) is 0 Å². The summed E-state index contributed by atoms with van der Waals surface area (Å²) in [6.45, 7) is 5.42. The minimum atomic E-state index is -1.08. The summed E-state index contributed by atoms with van der Waals surface area (Å²) in [5.41, 5.74) is 0.376. The van der Waals surface area contributed by atoms with Crippen LogP contribution in [0.25, 0.3) is 0 Å². The Balaban J connectivity index is 2.70. The Morgan fingerprint density at radius 3 is 2.67 bits per heavy atom. The van der Waals surface area contributed by atoms with Crippen LogP contribution in [0.15, 0.2) is 5.38 Å². The predicted octanol–water partition coefficient (Wildman–Crippen LogP) is 2.83. The Hall–Kier alpha value is -0.850. The number of thiazole rings is 1. The van der Waals surface area contributed by atoms with Crippen LogP contribution in [0.1, 0.15) is 42.2 Å². The fraction of sp³-hybridized carbons (Fsp3) is 0.615.